The minimum atomic E-state index is -0.412. The maximum atomic E-state index is 12.5. The van der Waals surface area contributed by atoms with Gasteiger partial charge in [-0.05, 0) is 24.8 Å². The van der Waals surface area contributed by atoms with Crippen molar-refractivity contribution in [2.75, 3.05) is 17.7 Å². The van der Waals surface area contributed by atoms with Crippen molar-refractivity contribution in [3.8, 4) is 0 Å². The lowest BCUT2D eigenvalue weighted by molar-refractivity contribution is -0.125. The van der Waals surface area contributed by atoms with Crippen molar-refractivity contribution in [3.05, 3.63) is 24.3 Å². The van der Waals surface area contributed by atoms with Crippen molar-refractivity contribution >= 4 is 29.3 Å². The molecule has 5 heteroatoms. The smallest absolute Gasteiger partial charge is 0.249 e. The average molecular weight is 278 g/mol. The van der Waals surface area contributed by atoms with Gasteiger partial charge in [-0.15, -0.1) is 11.8 Å². The molecule has 1 atom stereocenters. The number of rotatable bonds is 3. The van der Waals surface area contributed by atoms with E-state index in [1.54, 1.807) is 16.7 Å². The molecule has 2 rings (SSSR count). The Bertz CT molecular complexity index is 490. The summed E-state index contributed by atoms with van der Waals surface area (Å²) >= 11 is 1.61. The number of hydrogen-bond donors (Lipinski definition) is 1. The zero-order valence-electron chi connectivity index (χ0n) is 11.2. The van der Waals surface area contributed by atoms with Gasteiger partial charge in [-0.3, -0.25) is 9.59 Å². The SMILES string of the molecule is CCC1NC(=O)CCN(c2ccccc2SC)C1=O. The molecule has 1 saturated heterocycles. The first-order valence-corrected chi connectivity index (χ1v) is 7.63. The number of hydrogen-bond acceptors (Lipinski definition) is 3. The van der Waals surface area contributed by atoms with Crippen LogP contribution in [0.2, 0.25) is 0 Å². The lowest BCUT2D eigenvalue weighted by atomic mass is 10.2. The van der Waals surface area contributed by atoms with Crippen molar-refractivity contribution in [2.24, 2.45) is 0 Å². The number of amides is 2. The number of thioether (sulfide) groups is 1. The summed E-state index contributed by atoms with van der Waals surface area (Å²) in [6.07, 6.45) is 2.95. The van der Waals surface area contributed by atoms with Gasteiger partial charge in [0.15, 0.2) is 0 Å². The number of carbonyl (C=O) groups is 2. The number of carbonyl (C=O) groups excluding carboxylic acids is 2. The van der Waals surface area contributed by atoms with Gasteiger partial charge in [0.1, 0.15) is 6.04 Å². The van der Waals surface area contributed by atoms with Crippen LogP contribution in [-0.2, 0) is 9.59 Å². The Morgan fingerprint density at radius 3 is 2.79 bits per heavy atom. The van der Waals surface area contributed by atoms with Gasteiger partial charge in [-0.1, -0.05) is 19.1 Å². The van der Waals surface area contributed by atoms with Crippen molar-refractivity contribution in [2.45, 2.75) is 30.7 Å². The van der Waals surface area contributed by atoms with Crippen LogP contribution in [0.1, 0.15) is 19.8 Å². The van der Waals surface area contributed by atoms with Gasteiger partial charge in [0.25, 0.3) is 0 Å². The van der Waals surface area contributed by atoms with E-state index in [0.29, 0.717) is 19.4 Å². The molecular formula is C14H18N2O2S. The van der Waals surface area contributed by atoms with E-state index in [1.807, 2.05) is 37.4 Å². The highest BCUT2D eigenvalue weighted by molar-refractivity contribution is 7.98. The molecular weight excluding hydrogens is 260 g/mol. The third kappa shape index (κ3) is 2.92. The minimum absolute atomic E-state index is 0.0187. The molecule has 1 aliphatic heterocycles. The van der Waals surface area contributed by atoms with Gasteiger partial charge in [-0.25, -0.2) is 0 Å². The second-order valence-electron chi connectivity index (χ2n) is 4.44. The Morgan fingerprint density at radius 1 is 1.37 bits per heavy atom. The second kappa shape index (κ2) is 6.10. The van der Waals surface area contributed by atoms with Crippen LogP contribution in [0.5, 0.6) is 0 Å². The van der Waals surface area contributed by atoms with E-state index < -0.39 is 6.04 Å². The summed E-state index contributed by atoms with van der Waals surface area (Å²) in [6.45, 7) is 2.35. The molecule has 1 N–H and O–H groups in total. The first kappa shape index (κ1) is 13.9. The van der Waals surface area contributed by atoms with E-state index in [-0.39, 0.29) is 11.8 Å². The molecule has 1 aliphatic rings. The molecule has 0 aliphatic carbocycles. The summed E-state index contributed by atoms with van der Waals surface area (Å²) in [5.74, 6) is -0.0702. The van der Waals surface area contributed by atoms with Crippen LogP contribution >= 0.6 is 11.8 Å². The second-order valence-corrected chi connectivity index (χ2v) is 5.29. The number of para-hydroxylation sites is 1. The number of benzene rings is 1. The Kier molecular flexibility index (Phi) is 4.47. The van der Waals surface area contributed by atoms with E-state index in [4.69, 9.17) is 0 Å². The van der Waals surface area contributed by atoms with E-state index in [2.05, 4.69) is 5.32 Å². The highest BCUT2D eigenvalue weighted by atomic mass is 32.2. The van der Waals surface area contributed by atoms with Crippen molar-refractivity contribution in [1.82, 2.24) is 5.32 Å². The van der Waals surface area contributed by atoms with E-state index in [0.717, 1.165) is 10.6 Å². The molecule has 1 heterocycles. The van der Waals surface area contributed by atoms with Crippen LogP contribution in [-0.4, -0.2) is 30.7 Å². The maximum absolute atomic E-state index is 12.5. The van der Waals surface area contributed by atoms with Gasteiger partial charge in [0.2, 0.25) is 11.8 Å². The van der Waals surface area contributed by atoms with Gasteiger partial charge in [0, 0.05) is 17.9 Å². The number of nitrogens with zero attached hydrogens (tertiary/aromatic N) is 1. The van der Waals surface area contributed by atoms with Crippen molar-refractivity contribution in [1.29, 1.82) is 0 Å². The molecule has 2 amide bonds. The highest BCUT2D eigenvalue weighted by Crippen LogP contribution is 2.29. The summed E-state index contributed by atoms with van der Waals surface area (Å²) < 4.78 is 0. The summed E-state index contributed by atoms with van der Waals surface area (Å²) in [5.41, 5.74) is 0.898. The zero-order chi connectivity index (χ0) is 13.8. The Balaban J connectivity index is 2.36. The summed E-state index contributed by atoms with van der Waals surface area (Å²) in [4.78, 5) is 26.9. The van der Waals surface area contributed by atoms with Gasteiger partial charge in [0.05, 0.1) is 5.69 Å². The fraction of sp³-hybridized carbons (Fsp3) is 0.429. The molecule has 4 nitrogen and oxygen atoms in total. The van der Waals surface area contributed by atoms with E-state index in [1.165, 1.54) is 0 Å². The lowest BCUT2D eigenvalue weighted by Gasteiger charge is -2.25. The molecule has 1 unspecified atom stereocenters. The van der Waals surface area contributed by atoms with Gasteiger partial charge < -0.3 is 10.2 Å². The normalized spacial score (nSPS) is 20.1. The monoisotopic (exact) mass is 278 g/mol. The minimum Gasteiger partial charge on any atom is -0.344 e. The molecule has 1 aromatic carbocycles. The van der Waals surface area contributed by atoms with Gasteiger partial charge >= 0.3 is 0 Å². The quantitative estimate of drug-likeness (QED) is 0.861. The van der Waals surface area contributed by atoms with Gasteiger partial charge in [-0.2, -0.15) is 0 Å². The molecule has 0 radical (unpaired) electrons. The van der Waals surface area contributed by atoms with Crippen LogP contribution in [0.3, 0.4) is 0 Å². The zero-order valence-corrected chi connectivity index (χ0v) is 12.0. The first-order valence-electron chi connectivity index (χ1n) is 6.41. The predicted octanol–water partition coefficient (Wildman–Crippen LogP) is 2.04. The standard InChI is InChI=1S/C14H18N2O2S/c1-3-10-14(18)16(9-8-13(17)15-10)11-6-4-5-7-12(11)19-2/h4-7,10H,3,8-9H2,1-2H3,(H,15,17). The fourth-order valence-corrected chi connectivity index (χ4v) is 2.81. The van der Waals surface area contributed by atoms with Crippen LogP contribution in [0, 0.1) is 0 Å². The van der Waals surface area contributed by atoms with Crippen LogP contribution in [0.4, 0.5) is 5.69 Å². The maximum Gasteiger partial charge on any atom is 0.249 e. The third-order valence-electron chi connectivity index (χ3n) is 3.25. The van der Waals surface area contributed by atoms with Crippen LogP contribution in [0.15, 0.2) is 29.2 Å². The summed E-state index contributed by atoms with van der Waals surface area (Å²) in [7, 11) is 0. The number of nitrogens with one attached hydrogen (secondary N) is 1. The summed E-state index contributed by atoms with van der Waals surface area (Å²) in [5, 5.41) is 2.78. The average Bonchev–Trinajstić information content (AvgIpc) is 2.58. The largest absolute Gasteiger partial charge is 0.344 e. The Labute approximate surface area is 117 Å². The van der Waals surface area contributed by atoms with Crippen molar-refractivity contribution < 1.29 is 9.59 Å². The number of anilines is 1. The topological polar surface area (TPSA) is 49.4 Å². The molecule has 0 spiro atoms. The Hall–Kier alpha value is -1.49. The highest BCUT2D eigenvalue weighted by Gasteiger charge is 2.30. The lowest BCUT2D eigenvalue weighted by Crippen LogP contribution is -2.44. The van der Waals surface area contributed by atoms with Crippen LogP contribution in [0.25, 0.3) is 0 Å². The molecule has 0 saturated carbocycles. The van der Waals surface area contributed by atoms with Crippen molar-refractivity contribution in [3.63, 3.8) is 0 Å². The Morgan fingerprint density at radius 2 is 2.11 bits per heavy atom. The first-order chi connectivity index (χ1) is 9.17. The molecule has 1 aromatic rings. The molecule has 1 fully saturated rings. The predicted molar refractivity (Wildman–Crippen MR) is 77.4 cm³/mol. The third-order valence-corrected chi connectivity index (χ3v) is 4.03. The molecule has 0 bridgehead atoms. The van der Waals surface area contributed by atoms with Crippen LogP contribution < -0.4 is 10.2 Å². The van der Waals surface area contributed by atoms with E-state index in [9.17, 15) is 9.59 Å². The molecule has 0 aromatic heterocycles. The fourth-order valence-electron chi connectivity index (χ4n) is 2.21. The molecule has 102 valence electrons. The van der Waals surface area contributed by atoms with E-state index >= 15 is 0 Å². The summed E-state index contributed by atoms with van der Waals surface area (Å²) in [6, 6.07) is 7.40. The molecule has 19 heavy (non-hydrogen) atoms.